The molecule has 2 fully saturated rings. The van der Waals surface area contributed by atoms with Crippen LogP contribution in [0.5, 0.6) is 0 Å². The fourth-order valence-electron chi connectivity index (χ4n) is 4.25. The second-order valence-corrected chi connectivity index (χ2v) is 7.62. The first-order valence-electron chi connectivity index (χ1n) is 9.96. The van der Waals surface area contributed by atoms with Gasteiger partial charge in [0.25, 0.3) is 5.92 Å². The summed E-state index contributed by atoms with van der Waals surface area (Å²) in [5.41, 5.74) is 0.822. The minimum atomic E-state index is -3.11. The fraction of sp³-hybridized carbons (Fsp3) is 0.524. The number of carbonyl (C=O) groups is 3. The van der Waals surface area contributed by atoms with Crippen molar-refractivity contribution < 1.29 is 23.2 Å². The molecule has 160 valence electrons. The van der Waals surface area contributed by atoms with Gasteiger partial charge in [0.15, 0.2) is 0 Å². The Balaban J connectivity index is 1.71. The Hall–Kier alpha value is -3.02. The summed E-state index contributed by atoms with van der Waals surface area (Å²) in [4.78, 5) is 40.1. The SMILES string of the molecule is CCN1C(=O)CC[C@@H](C(=O)NCC(=O)N2CC(F)(F)C[C@H]2C#N)[C@@H]1c1ccccc1. The highest BCUT2D eigenvalue weighted by atomic mass is 19.3. The van der Waals surface area contributed by atoms with Crippen LogP contribution in [0.4, 0.5) is 8.78 Å². The number of hydrogen-bond donors (Lipinski definition) is 1. The van der Waals surface area contributed by atoms with E-state index >= 15 is 0 Å². The van der Waals surface area contributed by atoms with Gasteiger partial charge in [0.05, 0.1) is 31.1 Å². The first-order chi connectivity index (χ1) is 14.3. The maximum atomic E-state index is 13.6. The number of amides is 3. The van der Waals surface area contributed by atoms with Crippen LogP contribution in [0.1, 0.15) is 37.8 Å². The molecule has 0 aliphatic carbocycles. The number of halogens is 2. The quantitative estimate of drug-likeness (QED) is 0.790. The van der Waals surface area contributed by atoms with Crippen molar-refractivity contribution in [2.24, 2.45) is 5.92 Å². The fourth-order valence-corrected chi connectivity index (χ4v) is 4.25. The van der Waals surface area contributed by atoms with Gasteiger partial charge < -0.3 is 15.1 Å². The van der Waals surface area contributed by atoms with Crippen LogP contribution in [0.15, 0.2) is 30.3 Å². The third-order valence-corrected chi connectivity index (χ3v) is 5.68. The lowest BCUT2D eigenvalue weighted by Gasteiger charge is -2.40. The summed E-state index contributed by atoms with van der Waals surface area (Å²) >= 11 is 0. The van der Waals surface area contributed by atoms with Crippen molar-refractivity contribution in [3.63, 3.8) is 0 Å². The number of alkyl halides is 2. The molecular weight excluding hydrogens is 394 g/mol. The zero-order valence-corrected chi connectivity index (χ0v) is 16.7. The highest BCUT2D eigenvalue weighted by Crippen LogP contribution is 2.37. The second kappa shape index (κ2) is 8.78. The molecular formula is C21H24F2N4O3. The monoisotopic (exact) mass is 418 g/mol. The smallest absolute Gasteiger partial charge is 0.268 e. The molecule has 1 N–H and O–H groups in total. The van der Waals surface area contributed by atoms with Crippen molar-refractivity contribution in [3.8, 4) is 6.07 Å². The highest BCUT2D eigenvalue weighted by molar-refractivity contribution is 5.88. The van der Waals surface area contributed by atoms with E-state index in [1.807, 2.05) is 37.3 Å². The van der Waals surface area contributed by atoms with Crippen molar-refractivity contribution in [1.29, 1.82) is 5.26 Å². The van der Waals surface area contributed by atoms with E-state index in [2.05, 4.69) is 5.32 Å². The Morgan fingerprint density at radius 3 is 2.63 bits per heavy atom. The van der Waals surface area contributed by atoms with E-state index in [-0.39, 0.29) is 12.3 Å². The normalized spacial score (nSPS) is 25.7. The van der Waals surface area contributed by atoms with Crippen LogP contribution in [-0.4, -0.2) is 59.1 Å². The van der Waals surface area contributed by atoms with Crippen LogP contribution in [-0.2, 0) is 14.4 Å². The van der Waals surface area contributed by atoms with Gasteiger partial charge in [-0.05, 0) is 18.9 Å². The summed E-state index contributed by atoms with van der Waals surface area (Å²) in [5, 5.41) is 11.6. The average molecular weight is 418 g/mol. The van der Waals surface area contributed by atoms with Crippen LogP contribution in [0.3, 0.4) is 0 Å². The molecule has 2 saturated heterocycles. The second-order valence-electron chi connectivity index (χ2n) is 7.62. The van der Waals surface area contributed by atoms with Gasteiger partial charge in [0, 0.05) is 19.4 Å². The molecule has 1 aromatic carbocycles. The number of nitrogens with one attached hydrogen (secondary N) is 1. The minimum absolute atomic E-state index is 0.0392. The Morgan fingerprint density at radius 2 is 2.00 bits per heavy atom. The van der Waals surface area contributed by atoms with Crippen molar-refractivity contribution >= 4 is 17.7 Å². The summed E-state index contributed by atoms with van der Waals surface area (Å²) in [5.74, 6) is -4.85. The molecule has 0 unspecified atom stereocenters. The number of rotatable bonds is 5. The first-order valence-corrected chi connectivity index (χ1v) is 9.96. The molecule has 2 aliphatic heterocycles. The predicted octanol–water partition coefficient (Wildman–Crippen LogP) is 1.86. The van der Waals surface area contributed by atoms with Gasteiger partial charge in [-0.25, -0.2) is 8.78 Å². The topological polar surface area (TPSA) is 93.5 Å². The maximum absolute atomic E-state index is 13.6. The molecule has 0 saturated carbocycles. The third kappa shape index (κ3) is 4.42. The standard InChI is InChI=1S/C21H24F2N4O3/c1-2-26-17(28)9-8-16(19(26)14-6-4-3-5-7-14)20(30)25-12-18(29)27-13-21(22,23)10-15(27)11-24/h3-7,15-16,19H,2,8-10,12-13H2,1H3,(H,25,30)/t15-,16+,19-/m0/s1. The van der Waals surface area contributed by atoms with Crippen molar-refractivity contribution in [2.75, 3.05) is 19.6 Å². The molecule has 2 heterocycles. The molecule has 7 nitrogen and oxygen atoms in total. The zero-order chi connectivity index (χ0) is 21.9. The van der Waals surface area contributed by atoms with E-state index in [1.165, 1.54) is 0 Å². The Morgan fingerprint density at radius 1 is 1.30 bits per heavy atom. The maximum Gasteiger partial charge on any atom is 0.268 e. The lowest BCUT2D eigenvalue weighted by Crippen LogP contribution is -2.50. The van der Waals surface area contributed by atoms with Gasteiger partial charge in [0.2, 0.25) is 17.7 Å². The average Bonchev–Trinajstić information content (AvgIpc) is 3.06. The van der Waals surface area contributed by atoms with E-state index < -0.39 is 55.2 Å². The summed E-state index contributed by atoms with van der Waals surface area (Å²) < 4.78 is 27.1. The zero-order valence-electron chi connectivity index (χ0n) is 16.7. The van der Waals surface area contributed by atoms with Gasteiger partial charge in [-0.15, -0.1) is 0 Å². The molecule has 0 radical (unpaired) electrons. The molecule has 2 aliphatic rings. The minimum Gasteiger partial charge on any atom is -0.347 e. The summed E-state index contributed by atoms with van der Waals surface area (Å²) in [6.07, 6.45) is -0.148. The van der Waals surface area contributed by atoms with E-state index in [0.717, 1.165) is 10.5 Å². The molecule has 0 spiro atoms. The van der Waals surface area contributed by atoms with Gasteiger partial charge in [0.1, 0.15) is 6.04 Å². The third-order valence-electron chi connectivity index (χ3n) is 5.68. The van der Waals surface area contributed by atoms with Gasteiger partial charge in [-0.1, -0.05) is 30.3 Å². The van der Waals surface area contributed by atoms with Crippen LogP contribution < -0.4 is 5.32 Å². The summed E-state index contributed by atoms with van der Waals surface area (Å²) in [7, 11) is 0. The molecule has 3 rings (SSSR count). The van der Waals surface area contributed by atoms with Crippen molar-refractivity contribution in [3.05, 3.63) is 35.9 Å². The molecule has 1 aromatic rings. The Kier molecular flexibility index (Phi) is 6.34. The van der Waals surface area contributed by atoms with E-state index in [1.54, 1.807) is 11.0 Å². The van der Waals surface area contributed by atoms with Gasteiger partial charge in [-0.3, -0.25) is 14.4 Å². The largest absolute Gasteiger partial charge is 0.347 e. The molecule has 0 bridgehead atoms. The number of nitriles is 1. The lowest BCUT2D eigenvalue weighted by atomic mass is 9.83. The van der Waals surface area contributed by atoms with Crippen LogP contribution in [0.2, 0.25) is 0 Å². The summed E-state index contributed by atoms with van der Waals surface area (Å²) in [6.45, 7) is 0.986. The number of likely N-dealkylation sites (tertiary alicyclic amines) is 2. The number of hydrogen-bond acceptors (Lipinski definition) is 4. The Bertz CT molecular complexity index is 856. The number of carbonyl (C=O) groups excluding carboxylic acids is 3. The van der Waals surface area contributed by atoms with Crippen LogP contribution >= 0.6 is 0 Å². The van der Waals surface area contributed by atoms with E-state index in [4.69, 9.17) is 5.26 Å². The van der Waals surface area contributed by atoms with Gasteiger partial charge in [-0.2, -0.15) is 5.26 Å². The van der Waals surface area contributed by atoms with E-state index in [0.29, 0.717) is 13.0 Å². The van der Waals surface area contributed by atoms with Crippen molar-refractivity contribution in [2.45, 2.75) is 44.2 Å². The molecule has 3 amide bonds. The van der Waals surface area contributed by atoms with E-state index in [9.17, 15) is 23.2 Å². The first kappa shape index (κ1) is 21.7. The number of piperidine rings is 1. The molecule has 3 atom stereocenters. The predicted molar refractivity (Wildman–Crippen MR) is 103 cm³/mol. The molecule has 0 aromatic heterocycles. The number of benzene rings is 1. The lowest BCUT2D eigenvalue weighted by molar-refractivity contribution is -0.144. The molecule has 9 heteroatoms. The number of nitrogens with zero attached hydrogens (tertiary/aromatic N) is 3. The van der Waals surface area contributed by atoms with Gasteiger partial charge >= 0.3 is 0 Å². The molecule has 30 heavy (non-hydrogen) atoms. The Labute approximate surface area is 173 Å². The van der Waals surface area contributed by atoms with Crippen molar-refractivity contribution in [1.82, 2.24) is 15.1 Å². The highest BCUT2D eigenvalue weighted by Gasteiger charge is 2.47. The summed E-state index contributed by atoms with van der Waals surface area (Å²) in [6, 6.07) is 9.25. The van der Waals surface area contributed by atoms with Crippen LogP contribution in [0.25, 0.3) is 0 Å². The van der Waals surface area contributed by atoms with Crippen LogP contribution in [0, 0.1) is 17.2 Å².